The van der Waals surface area contributed by atoms with E-state index in [1.54, 1.807) is 0 Å². The summed E-state index contributed by atoms with van der Waals surface area (Å²) in [5.74, 6) is -4.78. The minimum absolute atomic E-state index is 0.000733. The minimum Gasteiger partial charge on any atom is -0.326 e. The van der Waals surface area contributed by atoms with E-state index >= 15 is 0 Å². The quantitative estimate of drug-likeness (QED) is 0.164. The molecule has 0 aliphatic rings. The number of hydrogen-bond donors (Lipinski definition) is 2. The molecular weight excluding hydrogens is 599 g/mol. The summed E-state index contributed by atoms with van der Waals surface area (Å²) in [7, 11) is 0. The predicted molar refractivity (Wildman–Crippen MR) is 131 cm³/mol. The van der Waals surface area contributed by atoms with Crippen LogP contribution in [0.1, 0.15) is 22.3 Å². The van der Waals surface area contributed by atoms with Gasteiger partial charge in [0.05, 0.1) is 27.2 Å². The average molecular weight is 613 g/mol. The van der Waals surface area contributed by atoms with Crippen LogP contribution < -0.4 is 10.6 Å². The zero-order valence-corrected chi connectivity index (χ0v) is 21.2. The highest BCUT2D eigenvalue weighted by Gasteiger charge is 2.30. The molecule has 0 radical (unpaired) electrons. The van der Waals surface area contributed by atoms with Crippen molar-refractivity contribution in [2.24, 2.45) is 0 Å². The molecule has 0 bridgehead atoms. The lowest BCUT2D eigenvalue weighted by molar-refractivity contribution is -0.116. The van der Waals surface area contributed by atoms with Crippen LogP contribution in [0.5, 0.6) is 0 Å². The molecule has 0 aliphatic carbocycles. The fourth-order valence-electron chi connectivity index (χ4n) is 3.08. The van der Waals surface area contributed by atoms with Crippen LogP contribution in [0.15, 0.2) is 53.0 Å². The maximum absolute atomic E-state index is 14.2. The predicted octanol–water partition coefficient (Wildman–Crippen LogP) is 7.66. The van der Waals surface area contributed by atoms with Crippen LogP contribution in [0.2, 0.25) is 5.02 Å². The number of amides is 2. The molecule has 0 spiro atoms. The summed E-state index contributed by atoms with van der Waals surface area (Å²) < 4.78 is 52.8. The van der Waals surface area contributed by atoms with Gasteiger partial charge >= 0.3 is 0 Å². The maximum Gasteiger partial charge on any atom is 0.257 e. The Hall–Kier alpha value is -2.33. The van der Waals surface area contributed by atoms with Crippen molar-refractivity contribution in [1.29, 1.82) is 0 Å². The van der Waals surface area contributed by atoms with Crippen molar-refractivity contribution < 1.29 is 27.2 Å². The first-order valence-electron chi connectivity index (χ1n) is 9.72. The zero-order valence-electron chi connectivity index (χ0n) is 17.4. The van der Waals surface area contributed by atoms with Gasteiger partial charge in [-0.1, -0.05) is 11.6 Å². The summed E-state index contributed by atoms with van der Waals surface area (Å²) in [4.78, 5) is 25.0. The number of carbonyl (C=O) groups excluding carboxylic acids is 2. The van der Waals surface area contributed by atoms with E-state index in [1.807, 2.05) is 0 Å². The highest BCUT2D eigenvalue weighted by molar-refractivity contribution is 9.10. The van der Waals surface area contributed by atoms with Gasteiger partial charge in [-0.3, -0.25) is 9.59 Å². The fraction of sp³-hybridized carbons (Fsp3) is 0.130. The number of halogens is 8. The van der Waals surface area contributed by atoms with Gasteiger partial charge < -0.3 is 10.6 Å². The third kappa shape index (κ3) is 7.33. The smallest absolute Gasteiger partial charge is 0.257 e. The molecule has 3 rings (SSSR count). The molecule has 0 heterocycles. The molecule has 2 amide bonds. The van der Waals surface area contributed by atoms with Gasteiger partial charge in [0.25, 0.3) is 5.91 Å². The first kappa shape index (κ1) is 27.3. The zero-order chi connectivity index (χ0) is 25.9. The van der Waals surface area contributed by atoms with E-state index in [2.05, 4.69) is 26.6 Å². The summed E-state index contributed by atoms with van der Waals surface area (Å²) >= 11 is 21.3. The van der Waals surface area contributed by atoms with E-state index in [1.165, 1.54) is 18.2 Å². The van der Waals surface area contributed by atoms with Crippen molar-refractivity contribution in [3.05, 3.63) is 92.4 Å². The lowest BCUT2D eigenvalue weighted by Crippen LogP contribution is -2.26. The molecule has 0 aromatic heterocycles. The molecule has 0 saturated carbocycles. The molecule has 0 unspecified atom stereocenters. The van der Waals surface area contributed by atoms with Crippen molar-refractivity contribution >= 4 is 73.9 Å². The molecule has 12 heteroatoms. The van der Waals surface area contributed by atoms with Crippen molar-refractivity contribution in [1.82, 2.24) is 0 Å². The van der Waals surface area contributed by atoms with Gasteiger partial charge in [0.2, 0.25) is 5.91 Å². The first-order chi connectivity index (χ1) is 16.3. The summed E-state index contributed by atoms with van der Waals surface area (Å²) in [5.41, 5.74) is -0.379. The van der Waals surface area contributed by atoms with Crippen molar-refractivity contribution in [2.45, 2.75) is 17.2 Å². The number of alkyl halides is 2. The molecule has 184 valence electrons. The van der Waals surface area contributed by atoms with E-state index in [9.17, 15) is 27.2 Å². The van der Waals surface area contributed by atoms with Crippen LogP contribution in [0, 0.1) is 23.3 Å². The normalized spacial score (nSPS) is 11.3. The largest absolute Gasteiger partial charge is 0.326 e. The molecule has 2 N–H and O–H groups in total. The Labute approximate surface area is 220 Å². The first-order valence-corrected chi connectivity index (χ1v) is 11.6. The van der Waals surface area contributed by atoms with E-state index < -0.39 is 45.8 Å². The number of hydrogen-bond acceptors (Lipinski definition) is 2. The van der Waals surface area contributed by atoms with Gasteiger partial charge in [-0.15, -0.1) is 23.2 Å². The lowest BCUT2D eigenvalue weighted by Gasteiger charge is -2.20. The van der Waals surface area contributed by atoms with Gasteiger partial charge in [-0.2, -0.15) is 0 Å². The second-order valence-corrected chi connectivity index (χ2v) is 10.3. The summed E-state index contributed by atoms with van der Waals surface area (Å²) in [6.45, 7) is 0. The monoisotopic (exact) mass is 610 g/mol. The van der Waals surface area contributed by atoms with Crippen LogP contribution in [0.4, 0.5) is 28.9 Å². The Morgan fingerprint density at radius 2 is 1.63 bits per heavy atom. The van der Waals surface area contributed by atoms with Crippen LogP contribution >= 0.6 is 50.7 Å². The third-order valence-electron chi connectivity index (χ3n) is 4.61. The molecule has 4 nitrogen and oxygen atoms in total. The lowest BCUT2D eigenvalue weighted by atomic mass is 10.1. The Balaban J connectivity index is 1.70. The number of benzene rings is 3. The van der Waals surface area contributed by atoms with Gasteiger partial charge in [0.1, 0.15) is 27.6 Å². The van der Waals surface area contributed by atoms with Crippen LogP contribution in [0.25, 0.3) is 0 Å². The standard InChI is InChI=1S/C23H14BrCl3F4N2O2/c24-16-6-13(29)5-11(21(16)31)9-23(26,27)10-20(34)32-14-2-3-17(25)15(8-14)22(35)33-19-4-1-12(28)7-18(19)30/h1-8H,9-10H2,(H,32,34)(H,33,35). The number of carbonyl (C=O) groups is 2. The summed E-state index contributed by atoms with van der Waals surface area (Å²) in [6, 6.07) is 8.42. The van der Waals surface area contributed by atoms with E-state index in [0.717, 1.165) is 24.3 Å². The summed E-state index contributed by atoms with van der Waals surface area (Å²) in [6.07, 6.45) is -0.877. The molecule has 0 atom stereocenters. The average Bonchev–Trinajstić information content (AvgIpc) is 2.74. The molecular formula is C23H14BrCl3F4N2O2. The second-order valence-electron chi connectivity index (χ2n) is 7.39. The van der Waals surface area contributed by atoms with E-state index in [4.69, 9.17) is 34.8 Å². The summed E-state index contributed by atoms with van der Waals surface area (Å²) in [5, 5.41) is 4.74. The minimum atomic E-state index is -1.79. The fourth-order valence-corrected chi connectivity index (χ4v) is 4.28. The Morgan fingerprint density at radius 1 is 0.914 bits per heavy atom. The molecule has 3 aromatic rings. The van der Waals surface area contributed by atoms with Gasteiger partial charge in [-0.05, 0) is 64.0 Å². The highest BCUT2D eigenvalue weighted by atomic mass is 79.9. The van der Waals surface area contributed by atoms with Crippen molar-refractivity contribution in [3.63, 3.8) is 0 Å². The van der Waals surface area contributed by atoms with Gasteiger partial charge in [0, 0.05) is 18.2 Å². The second kappa shape index (κ2) is 11.2. The molecule has 0 fully saturated rings. The number of anilines is 2. The molecule has 0 aliphatic heterocycles. The Kier molecular flexibility index (Phi) is 8.69. The van der Waals surface area contributed by atoms with Crippen LogP contribution in [-0.2, 0) is 11.2 Å². The van der Waals surface area contributed by atoms with Gasteiger partial charge in [-0.25, -0.2) is 17.6 Å². The maximum atomic E-state index is 14.2. The van der Waals surface area contributed by atoms with Crippen LogP contribution in [-0.4, -0.2) is 16.1 Å². The molecule has 35 heavy (non-hydrogen) atoms. The van der Waals surface area contributed by atoms with Crippen LogP contribution in [0.3, 0.4) is 0 Å². The van der Waals surface area contributed by atoms with Gasteiger partial charge in [0.15, 0.2) is 0 Å². The van der Waals surface area contributed by atoms with Crippen molar-refractivity contribution in [3.8, 4) is 0 Å². The topological polar surface area (TPSA) is 58.2 Å². The molecule has 3 aromatic carbocycles. The van der Waals surface area contributed by atoms with E-state index in [-0.39, 0.29) is 38.4 Å². The molecule has 0 saturated heterocycles. The third-order valence-corrected chi connectivity index (χ3v) is 6.05. The Morgan fingerprint density at radius 3 is 2.31 bits per heavy atom. The van der Waals surface area contributed by atoms with E-state index in [0.29, 0.717) is 6.07 Å². The number of rotatable bonds is 7. The SMILES string of the molecule is O=C(CC(Cl)(Cl)Cc1cc(F)cc(Br)c1F)Nc1ccc(Cl)c(C(=O)Nc2ccc(F)cc2F)c1. The number of nitrogens with one attached hydrogen (secondary N) is 2. The van der Waals surface area contributed by atoms with Crippen molar-refractivity contribution in [2.75, 3.05) is 10.6 Å². The Bertz CT molecular complexity index is 1310. The highest BCUT2D eigenvalue weighted by Crippen LogP contribution is 2.33.